The number of anilines is 3. The molecule has 0 spiro atoms. The Morgan fingerprint density at radius 3 is 1.81 bits per heavy atom. The van der Waals surface area contributed by atoms with E-state index in [0.29, 0.717) is 0 Å². The first-order valence-electron chi connectivity index (χ1n) is 16.4. The van der Waals surface area contributed by atoms with E-state index in [2.05, 4.69) is 181 Å². The number of para-hydroxylation sites is 4. The molecule has 0 N–H and O–H groups in total. The molecule has 0 fully saturated rings. The van der Waals surface area contributed by atoms with Crippen LogP contribution in [0.4, 0.5) is 17.1 Å². The van der Waals surface area contributed by atoms with Crippen LogP contribution in [0.5, 0.6) is 0 Å². The van der Waals surface area contributed by atoms with Crippen LogP contribution in [0.1, 0.15) is 0 Å². The summed E-state index contributed by atoms with van der Waals surface area (Å²) in [4.78, 5) is 2.38. The quantitative estimate of drug-likeness (QED) is 0.185. The minimum absolute atomic E-state index is 0.904. The number of furan rings is 1. The van der Waals surface area contributed by atoms with Crippen molar-refractivity contribution in [2.75, 3.05) is 4.90 Å². The third-order valence-electron chi connectivity index (χ3n) is 9.26. The average molecular weight is 614 g/mol. The molecule has 0 amide bonds. The molecule has 0 saturated carbocycles. The normalized spacial score (nSPS) is 11.3. The Morgan fingerprint density at radius 2 is 0.958 bits per heavy atom. The molecule has 9 aromatic rings. The van der Waals surface area contributed by atoms with Crippen LogP contribution in [0, 0.1) is 0 Å². The lowest BCUT2D eigenvalue weighted by atomic mass is 9.90. The molecule has 226 valence electrons. The predicted octanol–water partition coefficient (Wildman–Crippen LogP) is 13.2. The van der Waals surface area contributed by atoms with Gasteiger partial charge < -0.3 is 9.32 Å². The van der Waals surface area contributed by atoms with Gasteiger partial charge in [0.15, 0.2) is 0 Å². The molecule has 0 saturated heterocycles. The lowest BCUT2D eigenvalue weighted by Crippen LogP contribution is -2.11. The van der Waals surface area contributed by atoms with Crippen LogP contribution in [-0.4, -0.2) is 0 Å². The van der Waals surface area contributed by atoms with Gasteiger partial charge in [0.05, 0.1) is 5.69 Å². The number of rotatable bonds is 6. The molecule has 0 aliphatic rings. The highest BCUT2D eigenvalue weighted by Crippen LogP contribution is 2.45. The van der Waals surface area contributed by atoms with Gasteiger partial charge in [0, 0.05) is 33.3 Å². The second-order valence-electron chi connectivity index (χ2n) is 12.1. The van der Waals surface area contributed by atoms with Crippen LogP contribution < -0.4 is 4.90 Å². The lowest BCUT2D eigenvalue weighted by Gasteiger charge is -2.28. The Balaban J connectivity index is 1.26. The van der Waals surface area contributed by atoms with Crippen molar-refractivity contribution >= 4 is 49.8 Å². The van der Waals surface area contributed by atoms with E-state index in [1.54, 1.807) is 0 Å². The molecule has 9 rings (SSSR count). The van der Waals surface area contributed by atoms with Crippen LogP contribution in [0.15, 0.2) is 192 Å². The summed E-state index contributed by atoms with van der Waals surface area (Å²) in [5.41, 5.74) is 12.1. The highest BCUT2D eigenvalue weighted by Gasteiger charge is 2.20. The second-order valence-corrected chi connectivity index (χ2v) is 12.1. The zero-order valence-corrected chi connectivity index (χ0v) is 26.3. The summed E-state index contributed by atoms with van der Waals surface area (Å²) < 4.78 is 6.46. The molecule has 1 heterocycles. The predicted molar refractivity (Wildman–Crippen MR) is 202 cm³/mol. The number of nitrogens with zero attached hydrogens (tertiary/aromatic N) is 1. The fraction of sp³-hybridized carbons (Fsp3) is 0. The van der Waals surface area contributed by atoms with Crippen molar-refractivity contribution in [3.8, 4) is 33.4 Å². The van der Waals surface area contributed by atoms with Gasteiger partial charge in [0.1, 0.15) is 11.2 Å². The molecule has 0 unspecified atom stereocenters. The zero-order chi connectivity index (χ0) is 31.9. The highest BCUT2D eigenvalue weighted by atomic mass is 16.3. The zero-order valence-electron chi connectivity index (χ0n) is 26.3. The van der Waals surface area contributed by atoms with Crippen molar-refractivity contribution in [1.29, 1.82) is 0 Å². The first-order valence-corrected chi connectivity index (χ1v) is 16.4. The van der Waals surface area contributed by atoms with E-state index in [4.69, 9.17) is 4.42 Å². The Labute approximate surface area is 279 Å². The number of fused-ring (bicyclic) bond motifs is 4. The molecule has 2 heteroatoms. The standard InChI is InChI=1S/C46H31NO/c1-3-15-32(16-4-1)37-25-12-17-33-18-13-27-41(45(33)37)39-23-7-9-29-43(39)47(35-20-5-2-6-21-35)36-22-11-19-34(31-36)38-26-14-28-42-40-24-8-10-30-44(40)48-46(38)42/h1-31H. The summed E-state index contributed by atoms with van der Waals surface area (Å²) in [5.74, 6) is 0. The third kappa shape index (κ3) is 4.74. The van der Waals surface area contributed by atoms with Gasteiger partial charge in [-0.2, -0.15) is 0 Å². The molecule has 48 heavy (non-hydrogen) atoms. The number of benzene rings is 8. The van der Waals surface area contributed by atoms with E-state index in [-0.39, 0.29) is 0 Å². The second kappa shape index (κ2) is 11.8. The van der Waals surface area contributed by atoms with Crippen LogP contribution >= 0.6 is 0 Å². The van der Waals surface area contributed by atoms with E-state index >= 15 is 0 Å². The van der Waals surface area contributed by atoms with Crippen molar-refractivity contribution in [3.05, 3.63) is 188 Å². The number of hydrogen-bond acceptors (Lipinski definition) is 2. The molecular weight excluding hydrogens is 583 g/mol. The smallest absolute Gasteiger partial charge is 0.143 e. The SMILES string of the molecule is c1ccc(-c2cccc3cccc(-c4ccccc4N(c4ccccc4)c4cccc(-c5cccc6c5oc5ccccc56)c4)c23)cc1. The van der Waals surface area contributed by atoms with Crippen LogP contribution in [0.25, 0.3) is 66.1 Å². The van der Waals surface area contributed by atoms with Crippen LogP contribution in [0.3, 0.4) is 0 Å². The maximum Gasteiger partial charge on any atom is 0.143 e. The molecule has 2 nitrogen and oxygen atoms in total. The summed E-state index contributed by atoms with van der Waals surface area (Å²) >= 11 is 0. The van der Waals surface area contributed by atoms with Gasteiger partial charge in [0.2, 0.25) is 0 Å². The topological polar surface area (TPSA) is 16.4 Å². The van der Waals surface area contributed by atoms with Gasteiger partial charge in [-0.15, -0.1) is 0 Å². The van der Waals surface area contributed by atoms with Crippen molar-refractivity contribution in [3.63, 3.8) is 0 Å². The van der Waals surface area contributed by atoms with Crippen molar-refractivity contribution in [2.45, 2.75) is 0 Å². The number of hydrogen-bond donors (Lipinski definition) is 0. The maximum atomic E-state index is 6.46. The Hall–Kier alpha value is -6.38. The minimum atomic E-state index is 0.904. The summed E-state index contributed by atoms with van der Waals surface area (Å²) in [6.07, 6.45) is 0. The van der Waals surface area contributed by atoms with Gasteiger partial charge in [-0.05, 0) is 69.4 Å². The van der Waals surface area contributed by atoms with Gasteiger partial charge in [0.25, 0.3) is 0 Å². The molecule has 0 aliphatic heterocycles. The molecule has 8 aromatic carbocycles. The van der Waals surface area contributed by atoms with E-state index in [0.717, 1.165) is 50.1 Å². The van der Waals surface area contributed by atoms with Crippen molar-refractivity contribution < 1.29 is 4.42 Å². The molecule has 0 atom stereocenters. The first-order chi connectivity index (χ1) is 23.8. The van der Waals surface area contributed by atoms with Crippen LogP contribution in [0.2, 0.25) is 0 Å². The third-order valence-corrected chi connectivity index (χ3v) is 9.26. The summed E-state index contributed by atoms with van der Waals surface area (Å²) in [6.45, 7) is 0. The summed E-state index contributed by atoms with van der Waals surface area (Å²) in [6, 6.07) is 66.9. The van der Waals surface area contributed by atoms with Crippen LogP contribution in [-0.2, 0) is 0 Å². The largest absolute Gasteiger partial charge is 0.455 e. The molecule has 0 radical (unpaired) electrons. The average Bonchev–Trinajstić information content (AvgIpc) is 3.55. The Morgan fingerprint density at radius 1 is 0.375 bits per heavy atom. The van der Waals surface area contributed by atoms with Gasteiger partial charge in [-0.25, -0.2) is 0 Å². The van der Waals surface area contributed by atoms with Crippen molar-refractivity contribution in [1.82, 2.24) is 0 Å². The molecule has 0 aliphatic carbocycles. The Kier molecular flexibility index (Phi) is 6.84. The lowest BCUT2D eigenvalue weighted by molar-refractivity contribution is 0.670. The van der Waals surface area contributed by atoms with Crippen molar-refractivity contribution in [2.24, 2.45) is 0 Å². The minimum Gasteiger partial charge on any atom is -0.455 e. The van der Waals surface area contributed by atoms with E-state index in [1.165, 1.54) is 33.0 Å². The summed E-state index contributed by atoms with van der Waals surface area (Å²) in [5, 5.41) is 4.73. The highest BCUT2D eigenvalue weighted by molar-refractivity contribution is 6.10. The fourth-order valence-corrected chi connectivity index (χ4v) is 7.11. The van der Waals surface area contributed by atoms with Gasteiger partial charge in [-0.1, -0.05) is 152 Å². The Bertz CT molecular complexity index is 2560. The van der Waals surface area contributed by atoms with Gasteiger partial charge >= 0.3 is 0 Å². The van der Waals surface area contributed by atoms with Gasteiger partial charge in [-0.3, -0.25) is 0 Å². The molecular formula is C46H31NO. The first kappa shape index (κ1) is 27.9. The fourth-order valence-electron chi connectivity index (χ4n) is 7.11. The molecule has 0 bridgehead atoms. The monoisotopic (exact) mass is 613 g/mol. The van der Waals surface area contributed by atoms with E-state index in [1.807, 2.05) is 12.1 Å². The van der Waals surface area contributed by atoms with E-state index in [9.17, 15) is 0 Å². The summed E-state index contributed by atoms with van der Waals surface area (Å²) in [7, 11) is 0. The molecule has 1 aromatic heterocycles. The maximum absolute atomic E-state index is 6.46. The van der Waals surface area contributed by atoms with E-state index < -0.39 is 0 Å².